The number of hydrogen-bond donors (Lipinski definition) is 0. The van der Waals surface area contributed by atoms with Crippen molar-refractivity contribution in [1.82, 2.24) is 4.90 Å². The zero-order chi connectivity index (χ0) is 14.2. The molecule has 2 atom stereocenters. The van der Waals surface area contributed by atoms with Crippen LogP contribution in [0, 0.1) is 5.92 Å². The molecule has 0 aromatic heterocycles. The van der Waals surface area contributed by atoms with Gasteiger partial charge in [-0.25, -0.2) is 0 Å². The Balaban J connectivity index is 2.38. The van der Waals surface area contributed by atoms with Crippen LogP contribution in [0.25, 0.3) is 0 Å². The molecule has 19 heavy (non-hydrogen) atoms. The van der Waals surface area contributed by atoms with Crippen LogP contribution < -0.4 is 0 Å². The van der Waals surface area contributed by atoms with Gasteiger partial charge in [0.2, 0.25) is 5.91 Å². The highest BCUT2D eigenvalue weighted by molar-refractivity contribution is 6.04. The van der Waals surface area contributed by atoms with Gasteiger partial charge >= 0.3 is 5.97 Å². The first kappa shape index (κ1) is 13.6. The van der Waals surface area contributed by atoms with E-state index >= 15 is 0 Å². The number of β-lactam (4-membered cyclic amide) rings is 1. The Morgan fingerprint density at radius 2 is 1.79 bits per heavy atom. The molecule has 0 bridgehead atoms. The highest BCUT2D eigenvalue weighted by Crippen LogP contribution is 2.45. The smallest absolute Gasteiger partial charge is 0.320 e. The van der Waals surface area contributed by atoms with E-state index in [1.807, 2.05) is 51.1 Å². The minimum atomic E-state index is -0.716. The van der Waals surface area contributed by atoms with E-state index in [1.165, 1.54) is 7.11 Å². The van der Waals surface area contributed by atoms with E-state index in [4.69, 9.17) is 4.74 Å². The van der Waals surface area contributed by atoms with Gasteiger partial charge in [0.05, 0.1) is 13.2 Å². The summed E-state index contributed by atoms with van der Waals surface area (Å²) in [6.45, 7) is 5.90. The Hall–Kier alpha value is -1.84. The summed E-state index contributed by atoms with van der Waals surface area (Å²) in [5.74, 6) is -1.33. The molecule has 102 valence electrons. The van der Waals surface area contributed by atoms with E-state index in [0.29, 0.717) is 0 Å². The topological polar surface area (TPSA) is 46.6 Å². The fraction of sp³-hybridized carbons (Fsp3) is 0.467. The van der Waals surface area contributed by atoms with Crippen LogP contribution in [0.1, 0.15) is 32.4 Å². The first-order valence-electron chi connectivity index (χ1n) is 6.34. The second-order valence-electron chi connectivity index (χ2n) is 5.74. The number of rotatable bonds is 2. The summed E-state index contributed by atoms with van der Waals surface area (Å²) in [6.07, 6.45) is 0. The lowest BCUT2D eigenvalue weighted by atomic mass is 9.78. The molecule has 4 nitrogen and oxygen atoms in total. The predicted molar refractivity (Wildman–Crippen MR) is 71.3 cm³/mol. The number of carbonyl (C=O) groups is 2. The van der Waals surface area contributed by atoms with Gasteiger partial charge < -0.3 is 9.64 Å². The maximum Gasteiger partial charge on any atom is 0.320 e. The molecule has 1 aliphatic rings. The number of esters is 1. The van der Waals surface area contributed by atoms with E-state index in [0.717, 1.165) is 5.56 Å². The van der Waals surface area contributed by atoms with Crippen molar-refractivity contribution < 1.29 is 14.3 Å². The second kappa shape index (κ2) is 4.68. The van der Waals surface area contributed by atoms with Gasteiger partial charge in [-0.2, -0.15) is 0 Å². The SMILES string of the molecule is COC(=O)[C@@H]1C(=O)N(C(C)(C)C)[C@H]1c1ccccc1. The maximum absolute atomic E-state index is 12.2. The van der Waals surface area contributed by atoms with E-state index < -0.39 is 11.9 Å². The molecule has 1 fully saturated rings. The van der Waals surface area contributed by atoms with Crippen LogP contribution in [-0.4, -0.2) is 29.4 Å². The number of nitrogens with zero attached hydrogens (tertiary/aromatic N) is 1. The number of ether oxygens (including phenoxy) is 1. The van der Waals surface area contributed by atoms with Crippen molar-refractivity contribution in [3.05, 3.63) is 35.9 Å². The Labute approximate surface area is 113 Å². The van der Waals surface area contributed by atoms with Crippen LogP contribution in [0.4, 0.5) is 0 Å². The molecule has 1 aromatic rings. The van der Waals surface area contributed by atoms with Gasteiger partial charge in [-0.3, -0.25) is 9.59 Å². The molecule has 0 aliphatic carbocycles. The van der Waals surface area contributed by atoms with Gasteiger partial charge in [-0.05, 0) is 26.3 Å². The Bertz CT molecular complexity index is 490. The van der Waals surface area contributed by atoms with Crippen molar-refractivity contribution in [3.63, 3.8) is 0 Å². The van der Waals surface area contributed by atoms with E-state index in [2.05, 4.69) is 0 Å². The standard InChI is InChI=1S/C15H19NO3/c1-15(2,3)16-12(10-8-6-5-7-9-10)11(13(16)17)14(18)19-4/h5-9,11-12H,1-4H3/t11-,12-/m0/s1. The van der Waals surface area contributed by atoms with Crippen LogP contribution in [-0.2, 0) is 14.3 Å². The summed E-state index contributed by atoms with van der Waals surface area (Å²) in [6, 6.07) is 9.37. The van der Waals surface area contributed by atoms with Crippen LogP contribution >= 0.6 is 0 Å². The number of likely N-dealkylation sites (tertiary alicyclic amines) is 1. The van der Waals surface area contributed by atoms with E-state index in [1.54, 1.807) is 4.90 Å². The van der Waals surface area contributed by atoms with Gasteiger partial charge in [0.25, 0.3) is 0 Å². The van der Waals surface area contributed by atoms with Crippen molar-refractivity contribution in [2.75, 3.05) is 7.11 Å². The first-order valence-corrected chi connectivity index (χ1v) is 6.34. The second-order valence-corrected chi connectivity index (χ2v) is 5.74. The van der Waals surface area contributed by atoms with Crippen molar-refractivity contribution in [2.45, 2.75) is 32.4 Å². The average molecular weight is 261 g/mol. The number of amides is 1. The molecule has 4 heteroatoms. The average Bonchev–Trinajstić information content (AvgIpc) is 2.34. The first-order chi connectivity index (χ1) is 8.88. The minimum absolute atomic E-state index is 0.159. The number of carbonyl (C=O) groups excluding carboxylic acids is 2. The Morgan fingerprint density at radius 1 is 1.21 bits per heavy atom. The maximum atomic E-state index is 12.2. The lowest BCUT2D eigenvalue weighted by Crippen LogP contribution is -2.64. The van der Waals surface area contributed by atoms with Crippen molar-refractivity contribution in [1.29, 1.82) is 0 Å². The van der Waals surface area contributed by atoms with Gasteiger partial charge in [0.15, 0.2) is 5.92 Å². The predicted octanol–water partition coefficient (Wildman–Crippen LogP) is 2.16. The number of benzene rings is 1. The molecule has 1 heterocycles. The molecule has 1 aliphatic heterocycles. The third-order valence-electron chi connectivity index (χ3n) is 3.42. The highest BCUT2D eigenvalue weighted by Gasteiger charge is 2.56. The fourth-order valence-electron chi connectivity index (χ4n) is 2.59. The van der Waals surface area contributed by atoms with Gasteiger partial charge in [0.1, 0.15) is 0 Å². The molecule has 0 unspecified atom stereocenters. The molecule has 0 radical (unpaired) electrons. The third-order valence-corrected chi connectivity index (χ3v) is 3.42. The molecule has 1 aromatic carbocycles. The zero-order valence-corrected chi connectivity index (χ0v) is 11.7. The largest absolute Gasteiger partial charge is 0.468 e. The summed E-state index contributed by atoms with van der Waals surface area (Å²) in [5.41, 5.74) is 0.648. The van der Waals surface area contributed by atoms with E-state index in [-0.39, 0.29) is 17.5 Å². The Kier molecular flexibility index (Phi) is 3.35. The van der Waals surface area contributed by atoms with Gasteiger partial charge in [0, 0.05) is 5.54 Å². The molecule has 0 saturated carbocycles. The molecule has 1 saturated heterocycles. The molecule has 2 rings (SSSR count). The molecule has 0 spiro atoms. The van der Waals surface area contributed by atoms with E-state index in [9.17, 15) is 9.59 Å². The quantitative estimate of drug-likeness (QED) is 0.465. The molecule has 1 amide bonds. The fourth-order valence-corrected chi connectivity index (χ4v) is 2.59. The monoisotopic (exact) mass is 261 g/mol. The zero-order valence-electron chi connectivity index (χ0n) is 11.7. The van der Waals surface area contributed by atoms with Crippen LogP contribution in [0.5, 0.6) is 0 Å². The molecule has 0 N–H and O–H groups in total. The summed E-state index contributed by atoms with van der Waals surface area (Å²) < 4.78 is 4.75. The van der Waals surface area contributed by atoms with Crippen LogP contribution in [0.15, 0.2) is 30.3 Å². The van der Waals surface area contributed by atoms with Gasteiger partial charge in [-0.1, -0.05) is 30.3 Å². The summed E-state index contributed by atoms with van der Waals surface area (Å²) in [7, 11) is 1.32. The summed E-state index contributed by atoms with van der Waals surface area (Å²) in [4.78, 5) is 25.8. The lowest BCUT2D eigenvalue weighted by Gasteiger charge is -2.52. The normalized spacial score (nSPS) is 22.9. The van der Waals surface area contributed by atoms with Crippen LogP contribution in [0.3, 0.4) is 0 Å². The Morgan fingerprint density at radius 3 is 2.26 bits per heavy atom. The third kappa shape index (κ3) is 2.23. The van der Waals surface area contributed by atoms with Crippen molar-refractivity contribution in [3.8, 4) is 0 Å². The minimum Gasteiger partial charge on any atom is -0.468 e. The van der Waals surface area contributed by atoms with Crippen molar-refractivity contribution >= 4 is 11.9 Å². The van der Waals surface area contributed by atoms with Crippen molar-refractivity contribution in [2.24, 2.45) is 5.92 Å². The lowest BCUT2D eigenvalue weighted by molar-refractivity contribution is -0.179. The molecular formula is C15H19NO3. The van der Waals surface area contributed by atoms with Gasteiger partial charge in [-0.15, -0.1) is 0 Å². The highest BCUT2D eigenvalue weighted by atomic mass is 16.5. The number of methoxy groups -OCH3 is 1. The summed E-state index contributed by atoms with van der Waals surface area (Å²) >= 11 is 0. The van der Waals surface area contributed by atoms with Crippen LogP contribution in [0.2, 0.25) is 0 Å². The summed E-state index contributed by atoms with van der Waals surface area (Å²) in [5, 5.41) is 0. The molecular weight excluding hydrogens is 242 g/mol. The number of hydrogen-bond acceptors (Lipinski definition) is 3.